The van der Waals surface area contributed by atoms with E-state index in [9.17, 15) is 4.79 Å². The maximum absolute atomic E-state index is 11.7. The van der Waals surface area contributed by atoms with E-state index in [4.69, 9.17) is 27.9 Å². The predicted molar refractivity (Wildman–Crippen MR) is 85.2 cm³/mol. The molecule has 2 rings (SSSR count). The number of halogens is 2. The van der Waals surface area contributed by atoms with Gasteiger partial charge in [-0.05, 0) is 49.8 Å². The lowest BCUT2D eigenvalue weighted by Crippen LogP contribution is -2.27. The van der Waals surface area contributed by atoms with Crippen molar-refractivity contribution in [2.45, 2.75) is 32.6 Å². The molecular weight excluding hydrogens is 311 g/mol. The Hall–Kier alpha value is -1.26. The van der Waals surface area contributed by atoms with Crippen molar-refractivity contribution in [1.82, 2.24) is 5.43 Å². The minimum atomic E-state index is -0.299. The molecule has 0 radical (unpaired) electrons. The van der Waals surface area contributed by atoms with Crippen LogP contribution in [0.15, 0.2) is 23.3 Å². The Bertz CT molecular complexity index is 546. The average molecular weight is 329 g/mol. The number of nitrogens with zero attached hydrogens (tertiary/aromatic N) is 1. The number of benzene rings is 1. The monoisotopic (exact) mass is 328 g/mol. The van der Waals surface area contributed by atoms with E-state index >= 15 is 0 Å². The number of hydrazone groups is 1. The summed E-state index contributed by atoms with van der Waals surface area (Å²) in [7, 11) is 0. The highest BCUT2D eigenvalue weighted by molar-refractivity contribution is 6.35. The van der Waals surface area contributed by atoms with Gasteiger partial charge >= 0.3 is 0 Å². The molecule has 0 aromatic heterocycles. The van der Waals surface area contributed by atoms with Gasteiger partial charge in [-0.15, -0.1) is 0 Å². The first-order chi connectivity index (χ1) is 10.0. The minimum absolute atomic E-state index is 0.131. The summed E-state index contributed by atoms with van der Waals surface area (Å²) >= 11 is 11.7. The van der Waals surface area contributed by atoms with E-state index < -0.39 is 0 Å². The third-order valence-corrected chi connectivity index (χ3v) is 3.87. The fourth-order valence-electron chi connectivity index (χ4n) is 2.27. The molecule has 1 fully saturated rings. The molecule has 1 aliphatic carbocycles. The molecule has 1 saturated carbocycles. The van der Waals surface area contributed by atoms with Gasteiger partial charge in [-0.3, -0.25) is 4.79 Å². The molecule has 0 spiro atoms. The van der Waals surface area contributed by atoms with Gasteiger partial charge in [-0.2, -0.15) is 5.10 Å². The molecule has 4 nitrogen and oxygen atoms in total. The minimum Gasteiger partial charge on any atom is -0.482 e. The van der Waals surface area contributed by atoms with Gasteiger partial charge in [0.1, 0.15) is 5.75 Å². The van der Waals surface area contributed by atoms with Crippen molar-refractivity contribution in [2.75, 3.05) is 6.61 Å². The first-order valence-electron chi connectivity index (χ1n) is 6.96. The van der Waals surface area contributed by atoms with E-state index in [1.807, 2.05) is 0 Å². The Balaban J connectivity index is 1.80. The molecule has 0 unspecified atom stereocenters. The predicted octanol–water partition coefficient (Wildman–Crippen LogP) is 4.05. The van der Waals surface area contributed by atoms with E-state index in [1.54, 1.807) is 18.2 Å². The second-order valence-corrected chi connectivity index (χ2v) is 6.12. The summed E-state index contributed by atoms with van der Waals surface area (Å²) in [6.45, 7) is 2.07. The Kier molecular flexibility index (Phi) is 5.88. The van der Waals surface area contributed by atoms with Crippen LogP contribution in [0.2, 0.25) is 10.0 Å². The Labute approximate surface area is 134 Å². The molecule has 6 heteroatoms. The molecule has 0 saturated heterocycles. The third kappa shape index (κ3) is 5.21. The van der Waals surface area contributed by atoms with Gasteiger partial charge in [0.05, 0.1) is 5.02 Å². The van der Waals surface area contributed by atoms with E-state index in [0.717, 1.165) is 25.0 Å². The SMILES string of the molecule is C[C@@H]1CCC/C(=N\NC(=O)COc2ccc(Cl)cc2Cl)C1. The number of rotatable bonds is 4. The van der Waals surface area contributed by atoms with E-state index in [-0.39, 0.29) is 12.5 Å². The summed E-state index contributed by atoms with van der Waals surface area (Å²) in [5.74, 6) is 0.764. The van der Waals surface area contributed by atoms with E-state index in [1.165, 1.54) is 6.42 Å². The zero-order chi connectivity index (χ0) is 15.2. The van der Waals surface area contributed by atoms with Gasteiger partial charge in [-0.1, -0.05) is 30.1 Å². The first kappa shape index (κ1) is 16.1. The van der Waals surface area contributed by atoms with Crippen LogP contribution in [0.4, 0.5) is 0 Å². The van der Waals surface area contributed by atoms with Gasteiger partial charge in [0.15, 0.2) is 6.61 Å². The lowest BCUT2D eigenvalue weighted by molar-refractivity contribution is -0.123. The zero-order valence-electron chi connectivity index (χ0n) is 11.9. The molecule has 1 aromatic carbocycles. The maximum atomic E-state index is 11.7. The topological polar surface area (TPSA) is 50.7 Å². The van der Waals surface area contributed by atoms with Crippen molar-refractivity contribution in [2.24, 2.45) is 11.0 Å². The molecule has 0 heterocycles. The molecule has 0 bridgehead atoms. The van der Waals surface area contributed by atoms with Gasteiger partial charge in [0.2, 0.25) is 0 Å². The summed E-state index contributed by atoms with van der Waals surface area (Å²) in [5, 5.41) is 5.07. The van der Waals surface area contributed by atoms with Gasteiger partial charge < -0.3 is 4.74 Å². The highest BCUT2D eigenvalue weighted by Crippen LogP contribution is 2.27. The van der Waals surface area contributed by atoms with Crippen molar-refractivity contribution in [3.05, 3.63) is 28.2 Å². The van der Waals surface area contributed by atoms with Crippen LogP contribution >= 0.6 is 23.2 Å². The van der Waals surface area contributed by atoms with Crippen LogP contribution in [0.25, 0.3) is 0 Å². The van der Waals surface area contributed by atoms with E-state index in [2.05, 4.69) is 17.5 Å². The highest BCUT2D eigenvalue weighted by atomic mass is 35.5. The second-order valence-electron chi connectivity index (χ2n) is 5.28. The van der Waals surface area contributed by atoms with Gasteiger partial charge in [-0.25, -0.2) is 5.43 Å². The summed E-state index contributed by atoms with van der Waals surface area (Å²) < 4.78 is 5.34. The standard InChI is InChI=1S/C15H18Cl2N2O2/c1-10-3-2-4-12(7-10)18-19-15(20)9-21-14-6-5-11(16)8-13(14)17/h5-6,8,10H,2-4,7,9H2,1H3,(H,19,20)/b18-12+/t10-/m1/s1. The van der Waals surface area contributed by atoms with Crippen molar-refractivity contribution >= 4 is 34.8 Å². The summed E-state index contributed by atoms with van der Waals surface area (Å²) in [4.78, 5) is 11.7. The Morgan fingerprint density at radius 1 is 1.48 bits per heavy atom. The van der Waals surface area contributed by atoms with Crippen molar-refractivity contribution in [3.63, 3.8) is 0 Å². The smallest absolute Gasteiger partial charge is 0.277 e. The fraction of sp³-hybridized carbons (Fsp3) is 0.467. The van der Waals surface area contributed by atoms with Crippen LogP contribution in [0.3, 0.4) is 0 Å². The van der Waals surface area contributed by atoms with Crippen LogP contribution < -0.4 is 10.2 Å². The van der Waals surface area contributed by atoms with E-state index in [0.29, 0.717) is 21.7 Å². The number of hydrogen-bond acceptors (Lipinski definition) is 3. The van der Waals surface area contributed by atoms with Crippen molar-refractivity contribution in [1.29, 1.82) is 0 Å². The molecule has 0 aliphatic heterocycles. The maximum Gasteiger partial charge on any atom is 0.277 e. The van der Waals surface area contributed by atoms with Crippen LogP contribution in [-0.2, 0) is 4.79 Å². The molecule has 1 N–H and O–H groups in total. The summed E-state index contributed by atoms with van der Waals surface area (Å²) in [5.41, 5.74) is 3.58. The third-order valence-electron chi connectivity index (χ3n) is 3.34. The second kappa shape index (κ2) is 7.66. The normalized spacial score (nSPS) is 20.3. The van der Waals surface area contributed by atoms with Crippen LogP contribution in [-0.4, -0.2) is 18.2 Å². The number of nitrogens with one attached hydrogen (secondary N) is 1. The largest absolute Gasteiger partial charge is 0.482 e. The molecule has 1 atom stereocenters. The molecule has 1 amide bonds. The lowest BCUT2D eigenvalue weighted by Gasteiger charge is -2.18. The number of carbonyl (C=O) groups is 1. The molecule has 1 aromatic rings. The highest BCUT2D eigenvalue weighted by Gasteiger charge is 2.14. The Morgan fingerprint density at radius 2 is 2.29 bits per heavy atom. The fourth-order valence-corrected chi connectivity index (χ4v) is 2.73. The molecular formula is C15H18Cl2N2O2. The molecule has 21 heavy (non-hydrogen) atoms. The summed E-state index contributed by atoms with van der Waals surface area (Å²) in [6, 6.07) is 4.86. The van der Waals surface area contributed by atoms with Crippen LogP contribution in [0.5, 0.6) is 5.75 Å². The number of ether oxygens (including phenoxy) is 1. The van der Waals surface area contributed by atoms with Crippen LogP contribution in [0, 0.1) is 5.92 Å². The van der Waals surface area contributed by atoms with Crippen molar-refractivity contribution in [3.8, 4) is 5.75 Å². The number of carbonyl (C=O) groups excluding carboxylic acids is 1. The van der Waals surface area contributed by atoms with Gasteiger partial charge in [0.25, 0.3) is 5.91 Å². The first-order valence-corrected chi connectivity index (χ1v) is 7.72. The lowest BCUT2D eigenvalue weighted by atomic mass is 9.89. The quantitative estimate of drug-likeness (QED) is 0.847. The summed E-state index contributed by atoms with van der Waals surface area (Å²) in [6.07, 6.45) is 4.26. The van der Waals surface area contributed by atoms with Crippen molar-refractivity contribution < 1.29 is 9.53 Å². The molecule has 114 valence electrons. The average Bonchev–Trinajstić information content (AvgIpc) is 2.44. The number of amides is 1. The number of hydrogen-bond donors (Lipinski definition) is 1. The van der Waals surface area contributed by atoms with Crippen LogP contribution in [0.1, 0.15) is 32.6 Å². The van der Waals surface area contributed by atoms with Gasteiger partial charge in [0, 0.05) is 10.7 Å². The molecule has 1 aliphatic rings. The zero-order valence-corrected chi connectivity index (χ0v) is 13.4. The Morgan fingerprint density at radius 3 is 3.00 bits per heavy atom.